The number of carbonyl (C=O) groups excluding carboxylic acids is 1. The summed E-state index contributed by atoms with van der Waals surface area (Å²) in [5, 5.41) is -0.0234. The average molecular weight is 285 g/mol. The van der Waals surface area contributed by atoms with Crippen molar-refractivity contribution >= 4 is 27.7 Å². The van der Waals surface area contributed by atoms with Gasteiger partial charge in [0.05, 0.1) is 21.7 Å². The molecule has 0 amide bonds. The van der Waals surface area contributed by atoms with E-state index in [9.17, 15) is 13.2 Å². The van der Waals surface area contributed by atoms with Crippen molar-refractivity contribution in [1.29, 1.82) is 0 Å². The summed E-state index contributed by atoms with van der Waals surface area (Å²) >= 11 is 6.00. The molecule has 0 bridgehead atoms. The maximum atomic E-state index is 11.7. The van der Waals surface area contributed by atoms with E-state index in [-0.39, 0.29) is 26.8 Å². The first-order valence-electron chi connectivity index (χ1n) is 4.74. The van der Waals surface area contributed by atoms with Gasteiger partial charge in [-0.05, 0) is 12.1 Å². The molecule has 1 aromatic carbocycles. The zero-order valence-corrected chi connectivity index (χ0v) is 10.7. The van der Waals surface area contributed by atoms with E-state index in [1.165, 1.54) is 18.3 Å². The molecule has 2 aromatic rings. The molecule has 1 aromatic heterocycles. The van der Waals surface area contributed by atoms with E-state index < -0.39 is 9.84 Å². The van der Waals surface area contributed by atoms with Gasteiger partial charge in [-0.25, -0.2) is 13.4 Å². The summed E-state index contributed by atoms with van der Waals surface area (Å²) in [6.07, 6.45) is 5.15. The van der Waals surface area contributed by atoms with E-state index in [4.69, 9.17) is 16.0 Å². The highest BCUT2D eigenvalue weighted by Crippen LogP contribution is 2.35. The molecule has 5 nitrogen and oxygen atoms in total. The zero-order valence-electron chi connectivity index (χ0n) is 9.18. The number of sulfone groups is 1. The van der Waals surface area contributed by atoms with E-state index >= 15 is 0 Å². The van der Waals surface area contributed by atoms with Crippen LogP contribution >= 0.6 is 11.6 Å². The van der Waals surface area contributed by atoms with Gasteiger partial charge in [-0.1, -0.05) is 11.6 Å². The lowest BCUT2D eigenvalue weighted by Gasteiger charge is -2.08. The van der Waals surface area contributed by atoms with Gasteiger partial charge in [0.2, 0.25) is 6.29 Å². The minimum absolute atomic E-state index is 0.0234. The van der Waals surface area contributed by atoms with Gasteiger partial charge in [0.15, 0.2) is 22.0 Å². The predicted octanol–water partition coefficient (Wildman–Crippen LogP) is 1.86. The molecule has 1 radical (unpaired) electrons. The number of halogens is 1. The van der Waals surface area contributed by atoms with Gasteiger partial charge in [0.25, 0.3) is 0 Å². The average Bonchev–Trinajstić information content (AvgIpc) is 2.80. The Labute approximate surface area is 108 Å². The monoisotopic (exact) mass is 284 g/mol. The SMILES string of the molecule is CS(=O)(=O)c1ccc([C]=O)c(Cl)c1-c1cnco1. The first-order chi connectivity index (χ1) is 8.45. The lowest BCUT2D eigenvalue weighted by Crippen LogP contribution is -2.01. The number of rotatable bonds is 3. The largest absolute Gasteiger partial charge is 0.443 e. The van der Waals surface area contributed by atoms with Crippen LogP contribution < -0.4 is 0 Å². The van der Waals surface area contributed by atoms with Gasteiger partial charge < -0.3 is 4.42 Å². The molecule has 0 N–H and O–H groups in total. The fourth-order valence-corrected chi connectivity index (χ4v) is 2.76. The number of oxazole rings is 1. The van der Waals surface area contributed by atoms with Gasteiger partial charge in [-0.15, -0.1) is 0 Å². The summed E-state index contributed by atoms with van der Waals surface area (Å²) in [5.41, 5.74) is 0.188. The second kappa shape index (κ2) is 4.55. The van der Waals surface area contributed by atoms with E-state index in [1.807, 2.05) is 0 Å². The van der Waals surface area contributed by atoms with Crippen molar-refractivity contribution in [3.05, 3.63) is 35.3 Å². The Morgan fingerprint density at radius 2 is 2.11 bits per heavy atom. The third-order valence-electron chi connectivity index (χ3n) is 2.29. The fourth-order valence-electron chi connectivity index (χ4n) is 1.51. The summed E-state index contributed by atoms with van der Waals surface area (Å²) in [6.45, 7) is 0. The van der Waals surface area contributed by atoms with Crippen LogP contribution in [-0.4, -0.2) is 25.9 Å². The van der Waals surface area contributed by atoms with Crippen LogP contribution in [0.1, 0.15) is 5.56 Å². The van der Waals surface area contributed by atoms with Crippen LogP contribution in [0.25, 0.3) is 11.3 Å². The molecule has 2 rings (SSSR count). The summed E-state index contributed by atoms with van der Waals surface area (Å²) < 4.78 is 28.4. The van der Waals surface area contributed by atoms with E-state index in [1.54, 1.807) is 6.29 Å². The molecule has 0 saturated carbocycles. The van der Waals surface area contributed by atoms with Crippen LogP contribution in [0.2, 0.25) is 5.02 Å². The van der Waals surface area contributed by atoms with Crippen molar-refractivity contribution in [1.82, 2.24) is 4.98 Å². The van der Waals surface area contributed by atoms with Crippen molar-refractivity contribution in [2.75, 3.05) is 6.26 Å². The molecular weight excluding hydrogens is 278 g/mol. The van der Waals surface area contributed by atoms with Gasteiger partial charge in [0, 0.05) is 11.8 Å². The molecule has 0 atom stereocenters. The number of aromatic nitrogens is 1. The summed E-state index contributed by atoms with van der Waals surface area (Å²) in [6, 6.07) is 2.59. The van der Waals surface area contributed by atoms with Crippen molar-refractivity contribution in [3.63, 3.8) is 0 Å². The maximum Gasteiger partial charge on any atom is 0.235 e. The Balaban J connectivity index is 2.86. The smallest absolute Gasteiger partial charge is 0.235 e. The van der Waals surface area contributed by atoms with E-state index in [0.717, 1.165) is 12.6 Å². The Morgan fingerprint density at radius 3 is 2.61 bits per heavy atom. The Morgan fingerprint density at radius 1 is 1.39 bits per heavy atom. The number of hydrogen-bond acceptors (Lipinski definition) is 5. The van der Waals surface area contributed by atoms with Crippen molar-refractivity contribution in [2.45, 2.75) is 4.90 Å². The first kappa shape index (κ1) is 12.8. The summed E-state index contributed by atoms with van der Waals surface area (Å²) in [4.78, 5) is 14.4. The quantitative estimate of drug-likeness (QED) is 0.859. The molecule has 0 aliphatic rings. The van der Waals surface area contributed by atoms with Crippen LogP contribution in [-0.2, 0) is 14.6 Å². The highest BCUT2D eigenvalue weighted by Gasteiger charge is 2.22. The fraction of sp³-hybridized carbons (Fsp3) is 0.0909. The Bertz CT molecular complexity index is 692. The highest BCUT2D eigenvalue weighted by atomic mass is 35.5. The first-order valence-corrected chi connectivity index (χ1v) is 7.01. The Hall–Kier alpha value is -1.66. The molecule has 18 heavy (non-hydrogen) atoms. The number of hydrogen-bond donors (Lipinski definition) is 0. The van der Waals surface area contributed by atoms with Gasteiger partial charge in [-0.2, -0.15) is 0 Å². The predicted molar refractivity (Wildman–Crippen MR) is 64.9 cm³/mol. The van der Waals surface area contributed by atoms with Crippen molar-refractivity contribution < 1.29 is 17.6 Å². The standard InChI is InChI=1S/C11H7ClNO4S/c1-18(15,16)9-3-2-7(5-14)11(12)10(9)8-4-13-6-17-8/h2-4,6H,1H3. The van der Waals surface area contributed by atoms with Crippen LogP contribution in [0.4, 0.5) is 0 Å². The molecular formula is C11H7ClNO4S. The van der Waals surface area contributed by atoms with Crippen LogP contribution in [0.15, 0.2) is 34.0 Å². The van der Waals surface area contributed by atoms with Gasteiger partial charge in [0.1, 0.15) is 0 Å². The second-order valence-electron chi connectivity index (χ2n) is 3.54. The highest BCUT2D eigenvalue weighted by molar-refractivity contribution is 7.90. The zero-order chi connectivity index (χ0) is 13.3. The van der Waals surface area contributed by atoms with Gasteiger partial charge >= 0.3 is 0 Å². The lowest BCUT2D eigenvalue weighted by molar-refractivity contribution is 0.562. The lowest BCUT2D eigenvalue weighted by atomic mass is 10.1. The maximum absolute atomic E-state index is 11.7. The number of benzene rings is 1. The molecule has 0 unspecified atom stereocenters. The molecule has 0 fully saturated rings. The number of nitrogens with zero attached hydrogens (tertiary/aromatic N) is 1. The normalized spacial score (nSPS) is 11.4. The molecule has 0 aliphatic heterocycles. The van der Waals surface area contributed by atoms with Crippen molar-refractivity contribution in [3.8, 4) is 11.3 Å². The third kappa shape index (κ3) is 2.16. The van der Waals surface area contributed by atoms with Gasteiger partial charge in [-0.3, -0.25) is 4.79 Å². The summed E-state index contributed by atoms with van der Waals surface area (Å²) in [5.74, 6) is 0.178. The summed E-state index contributed by atoms with van der Waals surface area (Å²) in [7, 11) is -3.51. The van der Waals surface area contributed by atoms with Crippen LogP contribution in [0.3, 0.4) is 0 Å². The minimum Gasteiger partial charge on any atom is -0.443 e. The van der Waals surface area contributed by atoms with Crippen LogP contribution in [0, 0.1) is 0 Å². The van der Waals surface area contributed by atoms with E-state index in [2.05, 4.69) is 4.98 Å². The van der Waals surface area contributed by atoms with Crippen LogP contribution in [0.5, 0.6) is 0 Å². The molecule has 1 heterocycles. The van der Waals surface area contributed by atoms with Crippen molar-refractivity contribution in [2.24, 2.45) is 0 Å². The topological polar surface area (TPSA) is 77.2 Å². The minimum atomic E-state index is -3.51. The Kier molecular flexibility index (Phi) is 3.23. The third-order valence-corrected chi connectivity index (χ3v) is 3.82. The van der Waals surface area contributed by atoms with E-state index in [0.29, 0.717) is 0 Å². The molecule has 7 heteroatoms. The molecule has 93 valence electrons. The molecule has 0 aliphatic carbocycles. The molecule has 0 spiro atoms. The molecule has 0 saturated heterocycles. The second-order valence-corrected chi connectivity index (χ2v) is 5.90.